The monoisotopic (exact) mass is 324 g/mol. The van der Waals surface area contributed by atoms with Crippen molar-refractivity contribution in [2.24, 2.45) is 5.10 Å². The summed E-state index contributed by atoms with van der Waals surface area (Å²) in [7, 11) is 3.41. The predicted octanol–water partition coefficient (Wildman–Crippen LogP) is 3.31. The lowest BCUT2D eigenvalue weighted by Gasteiger charge is -2.17. The highest BCUT2D eigenvalue weighted by Gasteiger charge is 2.07. The SMILES string of the molecule is CC1=CN(/C=C/c2ccc(NN=C(C)C(=O)N(C)C)cc2)CC=C1. The smallest absolute Gasteiger partial charge is 0.269 e. The van der Waals surface area contributed by atoms with Crippen LogP contribution in [0.1, 0.15) is 19.4 Å². The summed E-state index contributed by atoms with van der Waals surface area (Å²) in [5.74, 6) is -0.110. The molecule has 5 nitrogen and oxygen atoms in total. The van der Waals surface area contributed by atoms with Crippen molar-refractivity contribution < 1.29 is 4.79 Å². The van der Waals surface area contributed by atoms with Gasteiger partial charge in [-0.05, 0) is 43.2 Å². The van der Waals surface area contributed by atoms with Gasteiger partial charge in [-0.1, -0.05) is 24.3 Å². The van der Waals surface area contributed by atoms with Crippen molar-refractivity contribution in [3.8, 4) is 0 Å². The Bertz CT molecular complexity index is 697. The zero-order valence-electron chi connectivity index (χ0n) is 14.7. The molecule has 0 aliphatic carbocycles. The number of benzene rings is 1. The minimum Gasteiger partial charge on any atom is -0.350 e. The largest absolute Gasteiger partial charge is 0.350 e. The normalized spacial score (nSPS) is 14.8. The van der Waals surface area contributed by atoms with E-state index < -0.39 is 0 Å². The lowest BCUT2D eigenvalue weighted by atomic mass is 10.2. The zero-order valence-corrected chi connectivity index (χ0v) is 14.7. The second kappa shape index (κ2) is 8.15. The van der Waals surface area contributed by atoms with E-state index in [4.69, 9.17) is 0 Å². The molecule has 5 heteroatoms. The average Bonchev–Trinajstić information content (AvgIpc) is 2.58. The third kappa shape index (κ3) is 5.12. The number of rotatable bonds is 5. The molecule has 1 aliphatic rings. The van der Waals surface area contributed by atoms with Crippen LogP contribution in [-0.2, 0) is 4.79 Å². The molecule has 1 amide bonds. The van der Waals surface area contributed by atoms with Crippen molar-refractivity contribution in [2.75, 3.05) is 26.1 Å². The lowest BCUT2D eigenvalue weighted by molar-refractivity contribution is -0.121. The predicted molar refractivity (Wildman–Crippen MR) is 101 cm³/mol. The number of carbonyl (C=O) groups is 1. The molecule has 2 rings (SSSR count). The molecule has 0 unspecified atom stereocenters. The van der Waals surface area contributed by atoms with E-state index in [1.807, 2.05) is 24.3 Å². The molecule has 24 heavy (non-hydrogen) atoms. The molecule has 0 saturated heterocycles. The summed E-state index contributed by atoms with van der Waals surface area (Å²) in [6, 6.07) is 7.89. The van der Waals surface area contributed by atoms with Crippen LogP contribution in [0.25, 0.3) is 6.08 Å². The molecule has 0 spiro atoms. The summed E-state index contributed by atoms with van der Waals surface area (Å²) in [5, 5.41) is 4.11. The summed E-state index contributed by atoms with van der Waals surface area (Å²) in [5.41, 5.74) is 6.51. The van der Waals surface area contributed by atoms with E-state index in [1.165, 1.54) is 10.5 Å². The number of hydrazone groups is 1. The van der Waals surface area contributed by atoms with Gasteiger partial charge in [-0.3, -0.25) is 10.2 Å². The number of hydrogen-bond donors (Lipinski definition) is 1. The molecule has 0 radical (unpaired) electrons. The van der Waals surface area contributed by atoms with E-state index in [0.717, 1.165) is 17.8 Å². The van der Waals surface area contributed by atoms with Gasteiger partial charge in [0.05, 0.1) is 5.69 Å². The molecule has 1 N–H and O–H groups in total. The number of allylic oxidation sites excluding steroid dienone is 2. The Morgan fingerprint density at radius 3 is 2.62 bits per heavy atom. The highest BCUT2D eigenvalue weighted by Crippen LogP contribution is 2.13. The van der Waals surface area contributed by atoms with Crippen molar-refractivity contribution in [1.82, 2.24) is 9.80 Å². The van der Waals surface area contributed by atoms with Gasteiger partial charge in [-0.15, -0.1) is 0 Å². The van der Waals surface area contributed by atoms with Gasteiger partial charge in [0.15, 0.2) is 0 Å². The molecule has 1 aliphatic heterocycles. The fraction of sp³-hybridized carbons (Fsp3) is 0.263. The summed E-state index contributed by atoms with van der Waals surface area (Å²) in [6.07, 6.45) is 10.5. The van der Waals surface area contributed by atoms with E-state index in [0.29, 0.717) is 5.71 Å². The first-order valence-electron chi connectivity index (χ1n) is 7.86. The van der Waals surface area contributed by atoms with E-state index >= 15 is 0 Å². The fourth-order valence-corrected chi connectivity index (χ4v) is 2.19. The molecule has 126 valence electrons. The molecular weight excluding hydrogens is 300 g/mol. The van der Waals surface area contributed by atoms with Gasteiger partial charge >= 0.3 is 0 Å². The number of carbonyl (C=O) groups excluding carboxylic acids is 1. The highest BCUT2D eigenvalue weighted by atomic mass is 16.2. The Kier molecular flexibility index (Phi) is 5.95. The maximum atomic E-state index is 11.7. The van der Waals surface area contributed by atoms with Gasteiger partial charge in [0, 0.05) is 33.0 Å². The Hall–Kier alpha value is -2.82. The minimum atomic E-state index is -0.110. The summed E-state index contributed by atoms with van der Waals surface area (Å²) in [4.78, 5) is 15.3. The summed E-state index contributed by atoms with van der Waals surface area (Å²) in [6.45, 7) is 4.66. The van der Waals surface area contributed by atoms with Gasteiger partial charge in [-0.2, -0.15) is 5.10 Å². The van der Waals surface area contributed by atoms with Crippen LogP contribution >= 0.6 is 0 Å². The van der Waals surface area contributed by atoms with Crippen LogP contribution in [0.2, 0.25) is 0 Å². The lowest BCUT2D eigenvalue weighted by Crippen LogP contribution is -2.28. The number of nitrogens with zero attached hydrogens (tertiary/aromatic N) is 3. The van der Waals surface area contributed by atoms with Gasteiger partial charge in [0.1, 0.15) is 5.71 Å². The van der Waals surface area contributed by atoms with Crippen LogP contribution in [0.4, 0.5) is 5.69 Å². The summed E-state index contributed by atoms with van der Waals surface area (Å²) >= 11 is 0. The number of nitrogens with one attached hydrogen (secondary N) is 1. The van der Waals surface area contributed by atoms with Crippen molar-refractivity contribution >= 4 is 23.4 Å². The molecule has 1 heterocycles. The maximum absolute atomic E-state index is 11.7. The maximum Gasteiger partial charge on any atom is 0.269 e. The van der Waals surface area contributed by atoms with Crippen molar-refractivity contribution in [3.05, 3.63) is 60.0 Å². The molecule has 0 bridgehead atoms. The Balaban J connectivity index is 1.95. The number of anilines is 1. The van der Waals surface area contributed by atoms with Crippen LogP contribution in [0.3, 0.4) is 0 Å². The first-order valence-corrected chi connectivity index (χ1v) is 7.86. The van der Waals surface area contributed by atoms with Crippen LogP contribution in [-0.4, -0.2) is 42.1 Å². The number of hydrogen-bond acceptors (Lipinski definition) is 4. The second-order valence-electron chi connectivity index (χ2n) is 5.92. The Morgan fingerprint density at radius 1 is 1.29 bits per heavy atom. The van der Waals surface area contributed by atoms with Crippen LogP contribution in [0, 0.1) is 0 Å². The third-order valence-electron chi connectivity index (χ3n) is 3.50. The quantitative estimate of drug-likeness (QED) is 0.668. The fourth-order valence-electron chi connectivity index (χ4n) is 2.19. The molecular formula is C19H24N4O. The molecule has 0 fully saturated rings. The Morgan fingerprint density at radius 2 is 2.00 bits per heavy atom. The molecule has 1 aromatic carbocycles. The van der Waals surface area contributed by atoms with Gasteiger partial charge in [0.2, 0.25) is 0 Å². The van der Waals surface area contributed by atoms with E-state index in [9.17, 15) is 4.79 Å². The van der Waals surface area contributed by atoms with Gasteiger partial charge in [0.25, 0.3) is 5.91 Å². The van der Waals surface area contributed by atoms with E-state index in [1.54, 1.807) is 21.0 Å². The molecule has 0 saturated carbocycles. The van der Waals surface area contributed by atoms with Crippen molar-refractivity contribution in [1.29, 1.82) is 0 Å². The van der Waals surface area contributed by atoms with Crippen LogP contribution in [0.15, 0.2) is 59.5 Å². The van der Waals surface area contributed by atoms with Crippen LogP contribution in [0.5, 0.6) is 0 Å². The zero-order chi connectivity index (χ0) is 17.5. The van der Waals surface area contributed by atoms with E-state index in [-0.39, 0.29) is 5.91 Å². The van der Waals surface area contributed by atoms with Gasteiger partial charge < -0.3 is 9.80 Å². The minimum absolute atomic E-state index is 0.110. The van der Waals surface area contributed by atoms with Crippen molar-refractivity contribution in [2.45, 2.75) is 13.8 Å². The molecule has 0 atom stereocenters. The highest BCUT2D eigenvalue weighted by molar-refractivity contribution is 6.37. The first kappa shape index (κ1) is 17.5. The second-order valence-corrected chi connectivity index (χ2v) is 5.92. The summed E-state index contributed by atoms with van der Waals surface area (Å²) < 4.78 is 0. The topological polar surface area (TPSA) is 47.9 Å². The molecule has 1 aromatic rings. The van der Waals surface area contributed by atoms with Crippen molar-refractivity contribution in [3.63, 3.8) is 0 Å². The van der Waals surface area contributed by atoms with Crippen LogP contribution < -0.4 is 5.43 Å². The Labute approximate surface area is 143 Å². The molecule has 0 aromatic heterocycles. The van der Waals surface area contributed by atoms with E-state index in [2.05, 4.69) is 53.0 Å². The van der Waals surface area contributed by atoms with Gasteiger partial charge in [-0.25, -0.2) is 0 Å². The first-order chi connectivity index (χ1) is 11.5. The number of amides is 1. The standard InChI is InChI=1S/C19H24N4O/c1-15-6-5-12-23(14-15)13-11-17-7-9-18(10-8-17)21-20-16(2)19(24)22(3)4/h5-11,13-14,21H,12H2,1-4H3/b13-11+,20-16?. The third-order valence-corrected chi connectivity index (χ3v) is 3.50. The average molecular weight is 324 g/mol.